The van der Waals surface area contributed by atoms with Gasteiger partial charge in [0.2, 0.25) is 0 Å². The van der Waals surface area contributed by atoms with Crippen molar-refractivity contribution in [2.75, 3.05) is 26.2 Å². The van der Waals surface area contributed by atoms with Crippen molar-refractivity contribution in [1.82, 2.24) is 10.2 Å². The highest BCUT2D eigenvalue weighted by molar-refractivity contribution is 6.31. The molecule has 0 aliphatic carbocycles. The molecule has 106 valence electrons. The second kappa shape index (κ2) is 6.74. The highest BCUT2D eigenvalue weighted by Crippen LogP contribution is 2.33. The van der Waals surface area contributed by atoms with Crippen molar-refractivity contribution in [2.45, 2.75) is 33.2 Å². The molecule has 1 aromatic carbocycles. The summed E-state index contributed by atoms with van der Waals surface area (Å²) >= 11 is 6.31. The first-order valence-electron chi connectivity index (χ1n) is 7.34. The van der Waals surface area contributed by atoms with Gasteiger partial charge in [0.05, 0.1) is 0 Å². The predicted molar refractivity (Wildman–Crippen MR) is 82.8 cm³/mol. The van der Waals surface area contributed by atoms with Gasteiger partial charge >= 0.3 is 0 Å². The van der Waals surface area contributed by atoms with Gasteiger partial charge < -0.3 is 5.32 Å². The molecular formula is C16H25ClN2. The van der Waals surface area contributed by atoms with E-state index in [-0.39, 0.29) is 0 Å². The third kappa shape index (κ3) is 3.50. The monoisotopic (exact) mass is 280 g/mol. The van der Waals surface area contributed by atoms with Crippen LogP contribution in [0, 0.1) is 12.8 Å². The number of nitrogens with zero attached hydrogens (tertiary/aromatic N) is 1. The molecule has 1 saturated heterocycles. The van der Waals surface area contributed by atoms with Crippen molar-refractivity contribution in [2.24, 2.45) is 5.92 Å². The van der Waals surface area contributed by atoms with E-state index in [1.54, 1.807) is 0 Å². The quantitative estimate of drug-likeness (QED) is 0.906. The van der Waals surface area contributed by atoms with Crippen LogP contribution >= 0.6 is 11.6 Å². The summed E-state index contributed by atoms with van der Waals surface area (Å²) < 4.78 is 0. The molecule has 1 unspecified atom stereocenters. The lowest BCUT2D eigenvalue weighted by atomic mass is 9.90. The Hall–Kier alpha value is -0.570. The summed E-state index contributed by atoms with van der Waals surface area (Å²) in [6, 6.07) is 7.05. The molecule has 0 radical (unpaired) electrons. The van der Waals surface area contributed by atoms with Crippen LogP contribution in [0.4, 0.5) is 0 Å². The van der Waals surface area contributed by atoms with Crippen LogP contribution in [0.2, 0.25) is 5.02 Å². The zero-order chi connectivity index (χ0) is 13.8. The van der Waals surface area contributed by atoms with E-state index in [0.717, 1.165) is 36.8 Å². The van der Waals surface area contributed by atoms with Gasteiger partial charge in [-0.3, -0.25) is 4.90 Å². The summed E-state index contributed by atoms with van der Waals surface area (Å²) in [4.78, 5) is 2.60. The Morgan fingerprint density at radius 2 is 2.00 bits per heavy atom. The number of hydrogen-bond acceptors (Lipinski definition) is 2. The van der Waals surface area contributed by atoms with Gasteiger partial charge in [0.15, 0.2) is 0 Å². The molecule has 0 spiro atoms. The second-order valence-corrected chi connectivity index (χ2v) is 6.03. The second-order valence-electron chi connectivity index (χ2n) is 5.62. The molecule has 0 aromatic heterocycles. The fourth-order valence-electron chi connectivity index (χ4n) is 2.88. The van der Waals surface area contributed by atoms with Crippen molar-refractivity contribution in [3.05, 3.63) is 34.3 Å². The molecule has 1 N–H and O–H groups in total. The van der Waals surface area contributed by atoms with E-state index in [4.69, 9.17) is 11.6 Å². The molecule has 3 heteroatoms. The fourth-order valence-corrected chi connectivity index (χ4v) is 3.06. The molecule has 1 aliphatic rings. The van der Waals surface area contributed by atoms with Gasteiger partial charge in [-0.15, -0.1) is 0 Å². The van der Waals surface area contributed by atoms with Crippen molar-refractivity contribution < 1.29 is 0 Å². The number of piperazine rings is 1. The number of hydrogen-bond donors (Lipinski definition) is 1. The van der Waals surface area contributed by atoms with E-state index in [2.05, 4.69) is 49.2 Å². The third-order valence-electron chi connectivity index (χ3n) is 4.27. The van der Waals surface area contributed by atoms with E-state index in [1.165, 1.54) is 12.0 Å². The summed E-state index contributed by atoms with van der Waals surface area (Å²) in [7, 11) is 0. The van der Waals surface area contributed by atoms with Gasteiger partial charge in [-0.1, -0.05) is 44.0 Å². The number of aryl methyl sites for hydroxylation is 1. The van der Waals surface area contributed by atoms with Crippen molar-refractivity contribution in [3.63, 3.8) is 0 Å². The molecule has 0 saturated carbocycles. The van der Waals surface area contributed by atoms with Crippen LogP contribution in [0.1, 0.15) is 37.4 Å². The Morgan fingerprint density at radius 3 is 2.58 bits per heavy atom. The zero-order valence-electron chi connectivity index (χ0n) is 12.2. The third-order valence-corrected chi connectivity index (χ3v) is 4.67. The first kappa shape index (κ1) is 14.8. The van der Waals surface area contributed by atoms with Crippen molar-refractivity contribution >= 4 is 11.6 Å². The van der Waals surface area contributed by atoms with E-state index in [0.29, 0.717) is 12.0 Å². The Kier molecular flexibility index (Phi) is 5.26. The minimum absolute atomic E-state index is 0.491. The van der Waals surface area contributed by atoms with E-state index in [1.807, 2.05) is 0 Å². The molecule has 1 aromatic rings. The molecule has 1 heterocycles. The highest BCUT2D eigenvalue weighted by Gasteiger charge is 2.26. The normalized spacial score (nSPS) is 20.2. The van der Waals surface area contributed by atoms with Gasteiger partial charge in [-0.05, 0) is 30.0 Å². The Labute approximate surface area is 122 Å². The molecule has 0 bridgehead atoms. The summed E-state index contributed by atoms with van der Waals surface area (Å²) in [6.45, 7) is 11.1. The molecule has 0 amide bonds. The topological polar surface area (TPSA) is 15.3 Å². The minimum Gasteiger partial charge on any atom is -0.314 e. The van der Waals surface area contributed by atoms with Gasteiger partial charge in [0, 0.05) is 37.2 Å². The van der Waals surface area contributed by atoms with E-state index >= 15 is 0 Å². The number of nitrogens with one attached hydrogen (secondary N) is 1. The highest BCUT2D eigenvalue weighted by atomic mass is 35.5. The van der Waals surface area contributed by atoms with Crippen molar-refractivity contribution in [1.29, 1.82) is 0 Å². The summed E-state index contributed by atoms with van der Waals surface area (Å²) in [5.74, 6) is 0.650. The minimum atomic E-state index is 0.491. The lowest BCUT2D eigenvalue weighted by Gasteiger charge is -2.38. The van der Waals surface area contributed by atoms with Crippen molar-refractivity contribution in [3.8, 4) is 0 Å². The van der Waals surface area contributed by atoms with Gasteiger partial charge in [0.1, 0.15) is 0 Å². The first-order valence-corrected chi connectivity index (χ1v) is 7.72. The van der Waals surface area contributed by atoms with Crippen LogP contribution in [0.25, 0.3) is 0 Å². The zero-order valence-corrected chi connectivity index (χ0v) is 13.0. The smallest absolute Gasteiger partial charge is 0.0438 e. The average Bonchev–Trinajstić information content (AvgIpc) is 2.44. The van der Waals surface area contributed by atoms with E-state index in [9.17, 15) is 0 Å². The maximum absolute atomic E-state index is 6.31. The molecule has 2 rings (SSSR count). The molecule has 19 heavy (non-hydrogen) atoms. The SMILES string of the molecule is CCC(C)[C@@H](c1ccc(C)c(Cl)c1)N1CCNCC1. The maximum atomic E-state index is 6.31. The van der Waals surface area contributed by atoms with Crippen LogP contribution in [-0.2, 0) is 0 Å². The van der Waals surface area contributed by atoms with E-state index < -0.39 is 0 Å². The average molecular weight is 281 g/mol. The lowest BCUT2D eigenvalue weighted by Crippen LogP contribution is -2.46. The molecule has 2 nitrogen and oxygen atoms in total. The number of halogens is 1. The number of rotatable bonds is 4. The lowest BCUT2D eigenvalue weighted by molar-refractivity contribution is 0.128. The summed E-state index contributed by atoms with van der Waals surface area (Å²) in [5.41, 5.74) is 2.53. The molecule has 1 fully saturated rings. The maximum Gasteiger partial charge on any atom is 0.0438 e. The largest absolute Gasteiger partial charge is 0.314 e. The van der Waals surface area contributed by atoms with Crippen LogP contribution in [-0.4, -0.2) is 31.1 Å². The Morgan fingerprint density at radius 1 is 1.32 bits per heavy atom. The Balaban J connectivity index is 2.27. The van der Waals surface area contributed by atoms with Crippen LogP contribution < -0.4 is 5.32 Å². The Bertz CT molecular complexity index is 413. The molecular weight excluding hydrogens is 256 g/mol. The van der Waals surface area contributed by atoms with Gasteiger partial charge in [-0.25, -0.2) is 0 Å². The van der Waals surface area contributed by atoms with Gasteiger partial charge in [0.25, 0.3) is 0 Å². The predicted octanol–water partition coefficient (Wildman–Crippen LogP) is 3.64. The van der Waals surface area contributed by atoms with Gasteiger partial charge in [-0.2, -0.15) is 0 Å². The number of benzene rings is 1. The van der Waals surface area contributed by atoms with Crippen LogP contribution in [0.5, 0.6) is 0 Å². The first-order chi connectivity index (χ1) is 9.13. The van der Waals surface area contributed by atoms with Crippen LogP contribution in [0.15, 0.2) is 18.2 Å². The summed E-state index contributed by atoms with van der Waals surface area (Å²) in [6.07, 6.45) is 1.19. The molecule has 1 aliphatic heterocycles. The standard InChI is InChI=1S/C16H25ClN2/c1-4-12(2)16(19-9-7-18-8-10-19)14-6-5-13(3)15(17)11-14/h5-6,11-12,16,18H,4,7-10H2,1-3H3/t12?,16-/m0/s1. The summed E-state index contributed by atoms with van der Waals surface area (Å²) in [5, 5.41) is 4.32. The fraction of sp³-hybridized carbons (Fsp3) is 0.625. The van der Waals surface area contributed by atoms with Crippen LogP contribution in [0.3, 0.4) is 0 Å². The molecule has 2 atom stereocenters.